The summed E-state index contributed by atoms with van der Waals surface area (Å²) in [4.78, 5) is 10.9. The van der Waals surface area contributed by atoms with Gasteiger partial charge >= 0.3 is 5.97 Å². The van der Waals surface area contributed by atoms with Crippen molar-refractivity contribution in [3.8, 4) is 0 Å². The Morgan fingerprint density at radius 2 is 1.73 bits per heavy atom. The van der Waals surface area contributed by atoms with Crippen LogP contribution in [0.3, 0.4) is 0 Å². The molecule has 1 N–H and O–H groups in total. The van der Waals surface area contributed by atoms with E-state index in [0.29, 0.717) is 10.4 Å². The number of rotatable bonds is 1. The van der Waals surface area contributed by atoms with Gasteiger partial charge in [-0.25, -0.2) is 4.79 Å². The van der Waals surface area contributed by atoms with Crippen molar-refractivity contribution in [1.29, 1.82) is 0 Å². The number of hydrogen-bond donors (Lipinski definition) is 1. The molecule has 0 saturated carbocycles. The maximum atomic E-state index is 10.9. The van der Waals surface area contributed by atoms with Crippen molar-refractivity contribution in [3.63, 3.8) is 0 Å². The molecule has 0 aliphatic carbocycles. The van der Waals surface area contributed by atoms with Gasteiger partial charge in [-0.15, -0.1) is 0 Å². The largest absolute Gasteiger partial charge is 0.478 e. The third-order valence-electron chi connectivity index (χ3n) is 2.08. The minimum absolute atomic E-state index is 0. The molecule has 73 valence electrons. The van der Waals surface area contributed by atoms with Crippen LogP contribution in [0.15, 0.2) is 36.4 Å². The first-order chi connectivity index (χ1) is 6.70. The Bertz CT molecular complexity index is 506. The van der Waals surface area contributed by atoms with Gasteiger partial charge in [-0.2, -0.15) is 0 Å². The second kappa shape index (κ2) is 4.74. The molecular weight excluding hydrogens is 269 g/mol. The quantitative estimate of drug-likeness (QED) is 0.813. The molecule has 0 atom stereocenters. The number of fused-ring (bicyclic) bond motifs is 1. The van der Waals surface area contributed by atoms with Crippen LogP contribution in [-0.2, 0) is 0 Å². The van der Waals surface area contributed by atoms with Crippen LogP contribution in [0.4, 0.5) is 0 Å². The van der Waals surface area contributed by atoms with Crippen molar-refractivity contribution in [2.24, 2.45) is 0 Å². The van der Waals surface area contributed by atoms with Gasteiger partial charge in [-0.05, 0) is 17.5 Å². The Balaban J connectivity index is 0.00000112. The summed E-state index contributed by atoms with van der Waals surface area (Å²) in [6.07, 6.45) is 0. The molecule has 2 rings (SSSR count). The minimum Gasteiger partial charge on any atom is -0.478 e. The molecule has 0 heterocycles. The predicted molar refractivity (Wildman–Crippen MR) is 61.7 cm³/mol. The molecule has 2 aromatic rings. The van der Waals surface area contributed by atoms with E-state index in [4.69, 9.17) is 16.7 Å². The fraction of sp³-hybridized carbons (Fsp3) is 0. The molecule has 2 aromatic carbocycles. The summed E-state index contributed by atoms with van der Waals surface area (Å²) in [5.41, 5.74) is 0.244. The van der Waals surface area contributed by atoms with Crippen LogP contribution in [0, 0.1) is 0 Å². The summed E-state index contributed by atoms with van der Waals surface area (Å²) in [6, 6.07) is 10.4. The van der Waals surface area contributed by atoms with E-state index in [1.54, 1.807) is 24.3 Å². The number of benzene rings is 2. The predicted octanol–water partition coefficient (Wildman–Crippen LogP) is 2.81. The molecule has 0 saturated heterocycles. The van der Waals surface area contributed by atoms with Gasteiger partial charge in [-0.1, -0.05) is 35.9 Å². The molecular formula is C11H7ClGaO2. The van der Waals surface area contributed by atoms with Crippen molar-refractivity contribution >= 4 is 48.1 Å². The molecule has 2 nitrogen and oxygen atoms in total. The minimum atomic E-state index is -0.955. The summed E-state index contributed by atoms with van der Waals surface area (Å²) in [5.74, 6) is -0.955. The van der Waals surface area contributed by atoms with Crippen molar-refractivity contribution < 1.29 is 9.90 Å². The molecule has 4 heteroatoms. The molecule has 0 amide bonds. The van der Waals surface area contributed by atoms with Crippen molar-refractivity contribution in [2.75, 3.05) is 0 Å². The summed E-state index contributed by atoms with van der Waals surface area (Å²) in [7, 11) is 0. The average molecular weight is 276 g/mol. The number of aromatic carboxylic acids is 1. The Morgan fingerprint density at radius 3 is 2.33 bits per heavy atom. The first-order valence-electron chi connectivity index (χ1n) is 4.10. The molecule has 0 aliphatic heterocycles. The first kappa shape index (κ1) is 12.2. The Labute approximate surface area is 105 Å². The molecule has 15 heavy (non-hydrogen) atoms. The van der Waals surface area contributed by atoms with Gasteiger partial charge in [0.25, 0.3) is 0 Å². The molecule has 0 bridgehead atoms. The monoisotopic (exact) mass is 275 g/mol. The topological polar surface area (TPSA) is 37.3 Å². The molecule has 0 aromatic heterocycles. The Morgan fingerprint density at radius 1 is 1.13 bits per heavy atom. The fourth-order valence-electron chi connectivity index (χ4n) is 1.47. The first-order valence-corrected chi connectivity index (χ1v) is 4.48. The third-order valence-corrected chi connectivity index (χ3v) is 2.40. The van der Waals surface area contributed by atoms with Crippen LogP contribution >= 0.6 is 11.6 Å². The molecule has 0 fully saturated rings. The van der Waals surface area contributed by atoms with Crippen LogP contribution in [0.25, 0.3) is 10.8 Å². The van der Waals surface area contributed by atoms with E-state index in [-0.39, 0.29) is 25.4 Å². The summed E-state index contributed by atoms with van der Waals surface area (Å²) < 4.78 is 0. The smallest absolute Gasteiger partial charge is 0.336 e. The normalized spacial score (nSPS) is 9.67. The second-order valence-electron chi connectivity index (χ2n) is 2.95. The Kier molecular flexibility index (Phi) is 3.85. The number of carbonyl (C=O) groups is 1. The summed E-state index contributed by atoms with van der Waals surface area (Å²) in [6.45, 7) is 0. The van der Waals surface area contributed by atoms with Gasteiger partial charge in [0.15, 0.2) is 0 Å². The SMILES string of the molecule is O=C(O)c1cccc2cccc(Cl)c12.[Ga]. The van der Waals surface area contributed by atoms with Gasteiger partial charge < -0.3 is 5.11 Å². The Hall–Kier alpha value is -0.904. The van der Waals surface area contributed by atoms with Crippen LogP contribution in [0.1, 0.15) is 10.4 Å². The van der Waals surface area contributed by atoms with E-state index in [0.717, 1.165) is 5.39 Å². The van der Waals surface area contributed by atoms with Gasteiger partial charge in [0.1, 0.15) is 0 Å². The molecule has 0 aliphatic rings. The maximum absolute atomic E-state index is 10.9. The summed E-state index contributed by atoms with van der Waals surface area (Å²) in [5, 5.41) is 10.9. The van der Waals surface area contributed by atoms with E-state index in [9.17, 15) is 4.79 Å². The van der Waals surface area contributed by atoms with Crippen LogP contribution in [0.5, 0.6) is 0 Å². The van der Waals surface area contributed by atoms with E-state index in [1.165, 1.54) is 0 Å². The van der Waals surface area contributed by atoms with Crippen molar-refractivity contribution in [1.82, 2.24) is 0 Å². The fourth-order valence-corrected chi connectivity index (χ4v) is 1.76. The zero-order chi connectivity index (χ0) is 10.1. The van der Waals surface area contributed by atoms with Gasteiger partial charge in [0.05, 0.1) is 5.56 Å². The van der Waals surface area contributed by atoms with E-state index in [2.05, 4.69) is 0 Å². The zero-order valence-electron chi connectivity index (χ0n) is 7.77. The van der Waals surface area contributed by atoms with Crippen molar-refractivity contribution in [3.05, 3.63) is 47.0 Å². The number of halogens is 1. The standard InChI is InChI=1S/C11H7ClO2.Ga/c12-9-6-2-4-7-3-1-5-8(10(7)9)11(13)14;/h1-6H,(H,13,14);. The van der Waals surface area contributed by atoms with Crippen molar-refractivity contribution in [2.45, 2.75) is 0 Å². The third kappa shape index (κ3) is 2.20. The van der Waals surface area contributed by atoms with Gasteiger partial charge in [0, 0.05) is 30.2 Å². The second-order valence-corrected chi connectivity index (χ2v) is 3.36. The maximum Gasteiger partial charge on any atom is 0.336 e. The average Bonchev–Trinajstić information content (AvgIpc) is 2.17. The number of carboxylic acids is 1. The van der Waals surface area contributed by atoms with Crippen LogP contribution in [-0.4, -0.2) is 30.9 Å². The number of carboxylic acid groups (broad SMARTS) is 1. The van der Waals surface area contributed by atoms with E-state index >= 15 is 0 Å². The van der Waals surface area contributed by atoms with Gasteiger partial charge in [0.2, 0.25) is 0 Å². The zero-order valence-corrected chi connectivity index (χ0v) is 11.0. The molecule has 0 spiro atoms. The molecule has 0 unspecified atom stereocenters. The van der Waals surface area contributed by atoms with E-state index in [1.807, 2.05) is 12.1 Å². The van der Waals surface area contributed by atoms with Crippen LogP contribution in [0.2, 0.25) is 5.02 Å². The van der Waals surface area contributed by atoms with E-state index < -0.39 is 5.97 Å². The number of hydrogen-bond acceptors (Lipinski definition) is 1. The summed E-state index contributed by atoms with van der Waals surface area (Å²) >= 11 is 5.94. The van der Waals surface area contributed by atoms with Crippen LogP contribution < -0.4 is 0 Å². The van der Waals surface area contributed by atoms with Gasteiger partial charge in [-0.3, -0.25) is 0 Å². The molecule has 3 radical (unpaired) electrons.